The molecule has 5 heterocycles. The Morgan fingerprint density at radius 3 is 2.59 bits per heavy atom. The largest absolute Gasteiger partial charge is 0.339 e. The van der Waals surface area contributed by atoms with Crippen LogP contribution in [0.25, 0.3) is 22.3 Å². The van der Waals surface area contributed by atoms with Crippen molar-refractivity contribution in [1.29, 1.82) is 0 Å². The summed E-state index contributed by atoms with van der Waals surface area (Å²) in [6.45, 7) is 6.93. The van der Waals surface area contributed by atoms with Crippen molar-refractivity contribution in [2.45, 2.75) is 20.3 Å². The van der Waals surface area contributed by atoms with Crippen LogP contribution in [0.2, 0.25) is 0 Å². The molecule has 0 radical (unpaired) electrons. The fourth-order valence-corrected chi connectivity index (χ4v) is 4.23. The van der Waals surface area contributed by atoms with Crippen LogP contribution in [-0.2, 0) is 6.42 Å². The molecule has 0 aliphatic carbocycles. The smallest absolute Gasteiger partial charge is 0.272 e. The summed E-state index contributed by atoms with van der Waals surface area (Å²) >= 11 is 0. The Bertz CT molecular complexity index is 1380. The number of fused-ring (bicyclic) bond motifs is 1. The number of amides is 1. The second kappa shape index (κ2) is 8.83. The Balaban J connectivity index is 1.36. The lowest BCUT2D eigenvalue weighted by molar-refractivity contribution is 0.0658. The number of pyridine rings is 2. The van der Waals surface area contributed by atoms with E-state index in [1.54, 1.807) is 12.4 Å². The van der Waals surface area contributed by atoms with Crippen LogP contribution in [0.1, 0.15) is 37.8 Å². The number of nitrogens with one attached hydrogen (secondary N) is 2. The molecule has 1 aliphatic heterocycles. The molecule has 34 heavy (non-hydrogen) atoms. The predicted molar refractivity (Wildman–Crippen MR) is 129 cm³/mol. The lowest BCUT2D eigenvalue weighted by Gasteiger charge is -2.32. The number of aromatic amines is 2. The Morgan fingerprint density at radius 1 is 1.06 bits per heavy atom. The molecule has 1 aliphatic rings. The number of rotatable bonds is 5. The first-order chi connectivity index (χ1) is 16.4. The van der Waals surface area contributed by atoms with E-state index in [4.69, 9.17) is 0 Å². The van der Waals surface area contributed by atoms with Crippen LogP contribution in [0.4, 0.5) is 0 Å². The fraction of sp³-hybridized carbons (Fsp3) is 0.320. The summed E-state index contributed by atoms with van der Waals surface area (Å²) in [6.07, 6.45) is 3.60. The number of Topliss-reactive ketones (excluding diaryl/α,β-unsaturated/α-hetero) is 1. The topological polar surface area (TPSA) is 111 Å². The standard InChI is InChI=1S/C25H27N7O2/c1-15-16(2)29-30-23(15)22(33)11-17-10-19-13-20(28-24(19)27-14-17)18-4-5-26-21(12-18)25(34)32-8-6-31(3)7-9-32/h4-5,10,12-14H,6-9,11H2,1-3H3,(H,27,28)(H,29,30). The molecule has 0 bridgehead atoms. The van der Waals surface area contributed by atoms with E-state index in [2.05, 4.69) is 37.1 Å². The normalized spacial score (nSPS) is 14.6. The van der Waals surface area contributed by atoms with Crippen molar-refractivity contribution < 1.29 is 9.59 Å². The molecule has 0 spiro atoms. The minimum Gasteiger partial charge on any atom is -0.339 e. The Hall–Kier alpha value is -3.85. The van der Waals surface area contributed by atoms with Gasteiger partial charge in [-0.1, -0.05) is 0 Å². The third-order valence-corrected chi connectivity index (χ3v) is 6.49. The van der Waals surface area contributed by atoms with Gasteiger partial charge in [0.25, 0.3) is 5.91 Å². The Kier molecular flexibility index (Phi) is 5.70. The highest BCUT2D eigenvalue weighted by Gasteiger charge is 2.22. The number of ketones is 1. The third kappa shape index (κ3) is 4.22. The second-order valence-corrected chi connectivity index (χ2v) is 8.91. The first-order valence-electron chi connectivity index (χ1n) is 11.4. The minimum atomic E-state index is -0.0473. The second-order valence-electron chi connectivity index (χ2n) is 8.91. The van der Waals surface area contributed by atoms with Gasteiger partial charge in [-0.15, -0.1) is 0 Å². The van der Waals surface area contributed by atoms with Gasteiger partial charge in [-0.2, -0.15) is 5.10 Å². The molecule has 174 valence electrons. The molecule has 1 amide bonds. The highest BCUT2D eigenvalue weighted by Crippen LogP contribution is 2.25. The molecule has 1 fully saturated rings. The molecule has 0 saturated carbocycles. The van der Waals surface area contributed by atoms with E-state index < -0.39 is 0 Å². The summed E-state index contributed by atoms with van der Waals surface area (Å²) in [5.41, 5.74) is 5.94. The van der Waals surface area contributed by atoms with Crippen LogP contribution in [0, 0.1) is 13.8 Å². The van der Waals surface area contributed by atoms with Gasteiger partial charge in [-0.05, 0) is 50.7 Å². The Labute approximate surface area is 197 Å². The van der Waals surface area contributed by atoms with Gasteiger partial charge in [-0.25, -0.2) is 4.98 Å². The highest BCUT2D eigenvalue weighted by atomic mass is 16.2. The van der Waals surface area contributed by atoms with Crippen LogP contribution in [0.3, 0.4) is 0 Å². The highest BCUT2D eigenvalue weighted by molar-refractivity contribution is 5.98. The lowest BCUT2D eigenvalue weighted by Crippen LogP contribution is -2.47. The van der Waals surface area contributed by atoms with E-state index in [1.165, 1.54) is 0 Å². The van der Waals surface area contributed by atoms with Crippen molar-refractivity contribution in [3.63, 3.8) is 0 Å². The molecule has 9 nitrogen and oxygen atoms in total. The van der Waals surface area contributed by atoms with Gasteiger partial charge >= 0.3 is 0 Å². The number of piperazine rings is 1. The van der Waals surface area contributed by atoms with E-state index in [0.29, 0.717) is 24.5 Å². The number of aromatic nitrogens is 5. The summed E-state index contributed by atoms with van der Waals surface area (Å²) in [7, 11) is 2.06. The van der Waals surface area contributed by atoms with Gasteiger partial charge < -0.3 is 14.8 Å². The van der Waals surface area contributed by atoms with Gasteiger partial charge in [0.05, 0.1) is 0 Å². The van der Waals surface area contributed by atoms with Crippen LogP contribution < -0.4 is 0 Å². The molecule has 1 saturated heterocycles. The number of aryl methyl sites for hydroxylation is 1. The molecule has 4 aromatic heterocycles. The monoisotopic (exact) mass is 457 g/mol. The van der Waals surface area contributed by atoms with Crippen molar-refractivity contribution in [1.82, 2.24) is 34.9 Å². The molecule has 0 aromatic carbocycles. The van der Waals surface area contributed by atoms with Crippen molar-refractivity contribution in [3.8, 4) is 11.3 Å². The Morgan fingerprint density at radius 2 is 1.85 bits per heavy atom. The molecule has 4 aromatic rings. The number of nitrogens with zero attached hydrogens (tertiary/aromatic N) is 5. The van der Waals surface area contributed by atoms with Gasteiger partial charge in [-0.3, -0.25) is 19.7 Å². The zero-order chi connectivity index (χ0) is 23.8. The van der Waals surface area contributed by atoms with Crippen molar-refractivity contribution in [2.24, 2.45) is 0 Å². The van der Waals surface area contributed by atoms with E-state index in [9.17, 15) is 9.59 Å². The van der Waals surface area contributed by atoms with Crippen LogP contribution in [-0.4, -0.2) is 79.9 Å². The maximum Gasteiger partial charge on any atom is 0.272 e. The average Bonchev–Trinajstić information content (AvgIpc) is 3.42. The molecule has 0 atom stereocenters. The van der Waals surface area contributed by atoms with E-state index >= 15 is 0 Å². The molecular formula is C25H27N7O2. The van der Waals surface area contributed by atoms with Gasteiger partial charge in [0, 0.05) is 72.9 Å². The van der Waals surface area contributed by atoms with Gasteiger partial charge in [0.1, 0.15) is 17.0 Å². The average molecular weight is 458 g/mol. The van der Waals surface area contributed by atoms with Crippen LogP contribution in [0.5, 0.6) is 0 Å². The summed E-state index contributed by atoms with van der Waals surface area (Å²) in [6, 6.07) is 7.64. The number of carbonyl (C=O) groups excluding carboxylic acids is 2. The van der Waals surface area contributed by atoms with Crippen LogP contribution in [0.15, 0.2) is 36.7 Å². The van der Waals surface area contributed by atoms with E-state index in [-0.39, 0.29) is 18.1 Å². The number of hydrogen-bond acceptors (Lipinski definition) is 6. The summed E-state index contributed by atoms with van der Waals surface area (Å²) < 4.78 is 0. The number of H-pyrrole nitrogens is 2. The summed E-state index contributed by atoms with van der Waals surface area (Å²) in [4.78, 5) is 41.8. The zero-order valence-electron chi connectivity index (χ0n) is 19.6. The number of hydrogen-bond donors (Lipinski definition) is 2. The first kappa shape index (κ1) is 22.0. The van der Waals surface area contributed by atoms with Crippen molar-refractivity contribution in [2.75, 3.05) is 33.2 Å². The quantitative estimate of drug-likeness (QED) is 0.446. The third-order valence-electron chi connectivity index (χ3n) is 6.49. The van der Waals surface area contributed by atoms with E-state index in [0.717, 1.165) is 52.2 Å². The molecule has 2 N–H and O–H groups in total. The minimum absolute atomic E-state index is 0.0417. The molecule has 5 rings (SSSR count). The molecular weight excluding hydrogens is 430 g/mol. The van der Waals surface area contributed by atoms with Crippen molar-refractivity contribution >= 4 is 22.7 Å². The molecule has 0 unspecified atom stereocenters. The van der Waals surface area contributed by atoms with Gasteiger partial charge in [0.15, 0.2) is 5.78 Å². The number of likely N-dealkylation sites (N-methyl/N-ethyl adjacent to an activating group) is 1. The zero-order valence-corrected chi connectivity index (χ0v) is 19.6. The fourth-order valence-electron chi connectivity index (χ4n) is 4.23. The number of carbonyl (C=O) groups is 2. The first-order valence-corrected chi connectivity index (χ1v) is 11.4. The maximum atomic E-state index is 12.9. The summed E-state index contributed by atoms with van der Waals surface area (Å²) in [5, 5.41) is 7.90. The maximum absolute atomic E-state index is 12.9. The van der Waals surface area contributed by atoms with Gasteiger partial charge in [0.2, 0.25) is 0 Å². The molecule has 9 heteroatoms. The van der Waals surface area contributed by atoms with E-state index in [1.807, 2.05) is 43.0 Å². The predicted octanol–water partition coefficient (Wildman–Crippen LogP) is 2.78. The summed E-state index contributed by atoms with van der Waals surface area (Å²) in [5.74, 6) is -0.0890. The lowest BCUT2D eigenvalue weighted by atomic mass is 10.0. The SMILES string of the molecule is Cc1[nH]nc(C(=O)Cc2cnc3[nH]c(-c4ccnc(C(=O)N5CCN(C)CC5)c4)cc3c2)c1C. The van der Waals surface area contributed by atoms with Crippen molar-refractivity contribution in [3.05, 3.63) is 64.9 Å². The van der Waals surface area contributed by atoms with Crippen LogP contribution >= 0.6 is 0 Å².